The second-order valence-electron chi connectivity index (χ2n) is 10.6. The number of carbonyl (C=O) groups excluding carboxylic acids is 3. The monoisotopic (exact) mass is 543 g/mol. The molecule has 0 aromatic heterocycles. The molecule has 7 rings (SSSR count). The summed E-state index contributed by atoms with van der Waals surface area (Å²) in [7, 11) is 0. The molecule has 0 radical (unpaired) electrons. The molecule has 4 aromatic carbocycles. The van der Waals surface area contributed by atoms with E-state index in [0.717, 1.165) is 11.3 Å². The fraction of sp³-hybridized carbons (Fsp3) is 0.171. The molecule has 0 amide bonds. The number of hydrogen-bond acceptors (Lipinski definition) is 5. The van der Waals surface area contributed by atoms with Gasteiger partial charge in [0.25, 0.3) is 0 Å². The highest BCUT2D eigenvalue weighted by Gasteiger charge is 2.71. The fourth-order valence-electron chi connectivity index (χ4n) is 7.07. The highest BCUT2D eigenvalue weighted by atomic mass is 19.1. The molecule has 2 aliphatic heterocycles. The molecule has 1 spiro atoms. The molecular weight excluding hydrogens is 517 g/mol. The van der Waals surface area contributed by atoms with Crippen LogP contribution >= 0.6 is 0 Å². The third-order valence-electron chi connectivity index (χ3n) is 8.66. The van der Waals surface area contributed by atoms with Gasteiger partial charge in [-0.25, -0.2) is 4.39 Å². The Morgan fingerprint density at radius 1 is 0.854 bits per heavy atom. The SMILES string of the molecule is CCOc1ccccc1[C@@H]1[C@H](C(=O)c2ccc(F)cc2)N2c3ccccc3C=C[C@@H]2C12C(=O)c1ccccc1C2=O. The number of halogens is 1. The molecule has 0 N–H and O–H groups in total. The molecule has 6 heteroatoms. The number of nitrogens with zero attached hydrogens (tertiary/aromatic N) is 1. The number of Topliss-reactive ketones (excluding diaryl/α,β-unsaturated/α-hetero) is 3. The van der Waals surface area contributed by atoms with Crippen molar-refractivity contribution in [2.24, 2.45) is 5.41 Å². The average molecular weight is 544 g/mol. The van der Waals surface area contributed by atoms with Gasteiger partial charge in [0.2, 0.25) is 0 Å². The fourth-order valence-corrected chi connectivity index (χ4v) is 7.07. The van der Waals surface area contributed by atoms with Crippen LogP contribution in [0.5, 0.6) is 5.75 Å². The van der Waals surface area contributed by atoms with E-state index in [1.165, 1.54) is 24.3 Å². The second-order valence-corrected chi connectivity index (χ2v) is 10.6. The number of ketones is 3. The summed E-state index contributed by atoms with van der Waals surface area (Å²) in [4.78, 5) is 46.0. The Bertz CT molecular complexity index is 1720. The molecule has 0 unspecified atom stereocenters. The normalized spacial score (nSPS) is 21.5. The van der Waals surface area contributed by atoms with Gasteiger partial charge in [-0.05, 0) is 48.9 Å². The Hall–Kier alpha value is -4.84. The Morgan fingerprint density at radius 2 is 1.49 bits per heavy atom. The van der Waals surface area contributed by atoms with Crippen LogP contribution in [0.3, 0.4) is 0 Å². The van der Waals surface area contributed by atoms with Gasteiger partial charge in [0.15, 0.2) is 17.3 Å². The highest BCUT2D eigenvalue weighted by Crippen LogP contribution is 2.61. The summed E-state index contributed by atoms with van der Waals surface area (Å²) in [5, 5.41) is 0. The second kappa shape index (κ2) is 9.37. The number of ether oxygens (including phenoxy) is 1. The molecule has 1 fully saturated rings. The van der Waals surface area contributed by atoms with Gasteiger partial charge in [-0.15, -0.1) is 0 Å². The van der Waals surface area contributed by atoms with Crippen LogP contribution in [0.25, 0.3) is 6.08 Å². The summed E-state index contributed by atoms with van der Waals surface area (Å²) in [5.74, 6) is -1.74. The largest absolute Gasteiger partial charge is 0.494 e. The Balaban J connectivity index is 1.56. The van der Waals surface area contributed by atoms with E-state index in [0.29, 0.717) is 34.6 Å². The molecule has 0 saturated carbocycles. The zero-order chi connectivity index (χ0) is 28.3. The van der Waals surface area contributed by atoms with E-state index in [9.17, 15) is 18.8 Å². The maximum Gasteiger partial charge on any atom is 0.185 e. The smallest absolute Gasteiger partial charge is 0.185 e. The summed E-state index contributed by atoms with van der Waals surface area (Å²) in [6, 6.07) is 25.6. The molecule has 0 bridgehead atoms. The molecule has 202 valence electrons. The third-order valence-corrected chi connectivity index (χ3v) is 8.66. The lowest BCUT2D eigenvalue weighted by atomic mass is 9.64. The molecule has 1 saturated heterocycles. The molecule has 3 aliphatic rings. The molecule has 41 heavy (non-hydrogen) atoms. The standard InChI is InChI=1S/C35H26FNO4/c1-2-41-28-14-8-6-12-26(28)30-31(32(38)22-15-18-23(36)19-16-22)37-27-13-7-3-9-21(27)17-20-29(37)35(30)33(39)24-10-4-5-11-25(24)34(35)40/h3-20,29-31H,2H2,1H3/t29-,30-,31-/m1/s1. The predicted molar refractivity (Wildman–Crippen MR) is 154 cm³/mol. The minimum Gasteiger partial charge on any atom is -0.494 e. The van der Waals surface area contributed by atoms with Crippen LogP contribution in [-0.2, 0) is 0 Å². The maximum absolute atomic E-state index is 14.7. The van der Waals surface area contributed by atoms with E-state index in [2.05, 4.69) is 0 Å². The Kier molecular flexibility index (Phi) is 5.75. The first-order chi connectivity index (χ1) is 20.0. The first-order valence-corrected chi connectivity index (χ1v) is 13.7. The van der Waals surface area contributed by atoms with Crippen LogP contribution < -0.4 is 9.64 Å². The van der Waals surface area contributed by atoms with Gasteiger partial charge in [-0.3, -0.25) is 14.4 Å². The quantitative estimate of drug-likeness (QED) is 0.211. The van der Waals surface area contributed by atoms with Gasteiger partial charge in [0.05, 0.1) is 12.6 Å². The topological polar surface area (TPSA) is 63.7 Å². The van der Waals surface area contributed by atoms with Crippen molar-refractivity contribution in [3.63, 3.8) is 0 Å². The first-order valence-electron chi connectivity index (χ1n) is 13.7. The molecule has 1 aliphatic carbocycles. The van der Waals surface area contributed by atoms with Gasteiger partial charge in [0.1, 0.15) is 23.0 Å². The summed E-state index contributed by atoms with van der Waals surface area (Å²) in [6.07, 6.45) is 3.82. The van der Waals surface area contributed by atoms with Crippen LogP contribution in [0.15, 0.2) is 103 Å². The molecule has 3 atom stereocenters. The number of fused-ring (bicyclic) bond motifs is 5. The number of para-hydroxylation sites is 2. The summed E-state index contributed by atoms with van der Waals surface area (Å²) < 4.78 is 20.0. The van der Waals surface area contributed by atoms with E-state index in [1.54, 1.807) is 24.3 Å². The van der Waals surface area contributed by atoms with Crippen LogP contribution in [0.1, 0.15) is 55.0 Å². The predicted octanol–water partition coefficient (Wildman–Crippen LogP) is 6.54. The average Bonchev–Trinajstić information content (AvgIpc) is 3.44. The van der Waals surface area contributed by atoms with Gasteiger partial charge in [0, 0.05) is 33.9 Å². The summed E-state index contributed by atoms with van der Waals surface area (Å²) in [5.41, 5.74) is 1.65. The summed E-state index contributed by atoms with van der Waals surface area (Å²) in [6.45, 7) is 2.23. The first kappa shape index (κ1) is 25.1. The van der Waals surface area contributed by atoms with E-state index in [-0.39, 0.29) is 17.3 Å². The number of carbonyl (C=O) groups is 3. The number of anilines is 1. The van der Waals surface area contributed by atoms with E-state index in [4.69, 9.17) is 4.74 Å². The van der Waals surface area contributed by atoms with Crippen molar-refractivity contribution in [3.8, 4) is 5.75 Å². The van der Waals surface area contributed by atoms with Crippen LogP contribution in [0, 0.1) is 11.2 Å². The summed E-state index contributed by atoms with van der Waals surface area (Å²) >= 11 is 0. The lowest BCUT2D eigenvalue weighted by Crippen LogP contribution is -2.48. The van der Waals surface area contributed by atoms with Crippen LogP contribution in [0.2, 0.25) is 0 Å². The molecule has 4 aromatic rings. The Morgan fingerprint density at radius 3 is 2.20 bits per heavy atom. The number of benzene rings is 4. The van der Waals surface area contributed by atoms with Crippen molar-refractivity contribution in [2.75, 3.05) is 11.5 Å². The Labute approximate surface area is 236 Å². The lowest BCUT2D eigenvalue weighted by Gasteiger charge is -2.37. The van der Waals surface area contributed by atoms with Crippen molar-refractivity contribution in [2.45, 2.75) is 24.9 Å². The van der Waals surface area contributed by atoms with Crippen molar-refractivity contribution in [3.05, 3.63) is 137 Å². The number of rotatable bonds is 5. The zero-order valence-corrected chi connectivity index (χ0v) is 22.3. The van der Waals surface area contributed by atoms with E-state index < -0.39 is 29.2 Å². The minimum absolute atomic E-state index is 0.300. The highest BCUT2D eigenvalue weighted by molar-refractivity contribution is 6.32. The van der Waals surface area contributed by atoms with Crippen molar-refractivity contribution in [1.82, 2.24) is 0 Å². The van der Waals surface area contributed by atoms with Crippen LogP contribution in [0.4, 0.5) is 10.1 Å². The molecule has 2 heterocycles. The van der Waals surface area contributed by atoms with Crippen molar-refractivity contribution < 1.29 is 23.5 Å². The van der Waals surface area contributed by atoms with Gasteiger partial charge in [-0.1, -0.05) is 72.8 Å². The van der Waals surface area contributed by atoms with Gasteiger partial charge >= 0.3 is 0 Å². The lowest BCUT2D eigenvalue weighted by molar-refractivity contribution is 0.0664. The molecule has 5 nitrogen and oxygen atoms in total. The van der Waals surface area contributed by atoms with E-state index in [1.807, 2.05) is 72.5 Å². The van der Waals surface area contributed by atoms with Crippen LogP contribution in [-0.4, -0.2) is 36.0 Å². The van der Waals surface area contributed by atoms with E-state index >= 15 is 0 Å². The minimum atomic E-state index is -1.62. The van der Waals surface area contributed by atoms with Crippen molar-refractivity contribution in [1.29, 1.82) is 0 Å². The zero-order valence-electron chi connectivity index (χ0n) is 22.3. The maximum atomic E-state index is 14.7. The van der Waals surface area contributed by atoms with Crippen molar-refractivity contribution >= 4 is 29.1 Å². The molecular formula is C35H26FNO4. The third kappa shape index (κ3) is 3.43. The van der Waals surface area contributed by atoms with Gasteiger partial charge < -0.3 is 9.64 Å². The van der Waals surface area contributed by atoms with Gasteiger partial charge in [-0.2, -0.15) is 0 Å². The number of hydrogen-bond donors (Lipinski definition) is 0.